The Morgan fingerprint density at radius 1 is 1.24 bits per heavy atom. The molecule has 8 heteroatoms. The maximum atomic E-state index is 12.7. The lowest BCUT2D eigenvalue weighted by molar-refractivity contribution is -0.133. The molecule has 0 aliphatic carbocycles. The van der Waals surface area contributed by atoms with Crippen LogP contribution < -0.4 is 5.73 Å². The van der Waals surface area contributed by atoms with Crippen LogP contribution in [-0.2, 0) is 24.8 Å². The van der Waals surface area contributed by atoms with Crippen LogP contribution in [0.1, 0.15) is 34.6 Å². The minimum Gasteiger partial charge on any atom is -0.364 e. The van der Waals surface area contributed by atoms with Gasteiger partial charge in [0, 0.05) is 43.9 Å². The number of carbonyl (C=O) groups is 2. The largest absolute Gasteiger partial charge is 0.364 e. The Hall–Kier alpha value is -1.93. The number of likely N-dealkylation sites (N-methyl/N-ethyl adjacent to an activating group) is 1. The summed E-state index contributed by atoms with van der Waals surface area (Å²) in [5, 5.41) is 4.22. The zero-order chi connectivity index (χ0) is 18.1. The molecule has 0 radical (unpaired) electrons. The van der Waals surface area contributed by atoms with Crippen molar-refractivity contribution in [3.05, 3.63) is 17.0 Å². The lowest BCUT2D eigenvalue weighted by Gasteiger charge is -2.36. The van der Waals surface area contributed by atoms with E-state index in [0.717, 1.165) is 37.2 Å². The number of nitrogens with zero attached hydrogens (tertiary/aromatic N) is 5. The van der Waals surface area contributed by atoms with Crippen molar-refractivity contribution in [1.82, 2.24) is 24.5 Å². The Bertz CT molecular complexity index is 662. The molecule has 0 saturated carbocycles. The first-order valence-electron chi connectivity index (χ1n) is 8.88. The van der Waals surface area contributed by atoms with E-state index in [1.54, 1.807) is 4.68 Å². The number of fused-ring (bicyclic) bond motifs is 1. The molecule has 138 valence electrons. The van der Waals surface area contributed by atoms with Crippen LogP contribution >= 0.6 is 0 Å². The first kappa shape index (κ1) is 17.9. The molecule has 8 nitrogen and oxygen atoms in total. The molecule has 2 amide bonds. The third-order valence-corrected chi connectivity index (χ3v) is 5.52. The molecule has 0 spiro atoms. The Balaban J connectivity index is 1.63. The molecule has 3 heterocycles. The first-order valence-corrected chi connectivity index (χ1v) is 8.88. The Morgan fingerprint density at radius 3 is 2.56 bits per heavy atom. The number of primary amides is 1. The monoisotopic (exact) mass is 348 g/mol. The zero-order valence-corrected chi connectivity index (χ0v) is 15.4. The Kier molecular flexibility index (Phi) is 5.10. The summed E-state index contributed by atoms with van der Waals surface area (Å²) in [6.45, 7) is 3.64. The van der Waals surface area contributed by atoms with Gasteiger partial charge in [-0.25, -0.2) is 0 Å². The van der Waals surface area contributed by atoms with Crippen LogP contribution in [0.25, 0.3) is 0 Å². The number of hydrogen-bond donors (Lipinski definition) is 1. The zero-order valence-electron chi connectivity index (χ0n) is 15.4. The van der Waals surface area contributed by atoms with Crippen molar-refractivity contribution in [1.29, 1.82) is 0 Å². The van der Waals surface area contributed by atoms with Gasteiger partial charge in [-0.05, 0) is 40.0 Å². The van der Waals surface area contributed by atoms with Crippen molar-refractivity contribution >= 4 is 11.8 Å². The fourth-order valence-electron chi connectivity index (χ4n) is 3.88. The number of nitrogens with two attached hydrogens (primary N) is 1. The number of likely N-dealkylation sites (tertiary alicyclic amines) is 1. The fraction of sp³-hybridized carbons (Fsp3) is 0.706. The van der Waals surface area contributed by atoms with Crippen LogP contribution in [0.15, 0.2) is 0 Å². The highest BCUT2D eigenvalue weighted by Crippen LogP contribution is 2.22. The summed E-state index contributed by atoms with van der Waals surface area (Å²) in [7, 11) is 5.98. The van der Waals surface area contributed by atoms with Gasteiger partial charge in [-0.2, -0.15) is 5.10 Å². The van der Waals surface area contributed by atoms with Gasteiger partial charge in [0.2, 0.25) is 5.91 Å². The van der Waals surface area contributed by atoms with Crippen LogP contribution in [0.2, 0.25) is 0 Å². The predicted molar refractivity (Wildman–Crippen MR) is 94.0 cm³/mol. The summed E-state index contributed by atoms with van der Waals surface area (Å²) in [6, 6.07) is 0.458. The number of rotatable bonds is 4. The molecule has 3 rings (SSSR count). The maximum absolute atomic E-state index is 12.7. The average Bonchev–Trinajstić information content (AvgIpc) is 2.92. The number of carbonyl (C=O) groups excluding carboxylic acids is 2. The highest BCUT2D eigenvalue weighted by atomic mass is 16.2. The number of aryl methyl sites for hydroxylation is 1. The minimum absolute atomic E-state index is 0.103. The second-order valence-corrected chi connectivity index (χ2v) is 7.28. The van der Waals surface area contributed by atoms with Crippen molar-refractivity contribution in [2.24, 2.45) is 12.8 Å². The highest BCUT2D eigenvalue weighted by molar-refractivity contribution is 5.93. The van der Waals surface area contributed by atoms with E-state index in [0.29, 0.717) is 37.8 Å². The van der Waals surface area contributed by atoms with Gasteiger partial charge in [-0.3, -0.25) is 19.2 Å². The molecule has 25 heavy (non-hydrogen) atoms. The van der Waals surface area contributed by atoms with Gasteiger partial charge in [-0.15, -0.1) is 0 Å². The van der Waals surface area contributed by atoms with Gasteiger partial charge in [0.25, 0.3) is 5.91 Å². The van der Waals surface area contributed by atoms with Gasteiger partial charge >= 0.3 is 0 Å². The van der Waals surface area contributed by atoms with Gasteiger partial charge in [0.05, 0.1) is 6.54 Å². The summed E-state index contributed by atoms with van der Waals surface area (Å²) in [5.74, 6) is -0.430. The second kappa shape index (κ2) is 7.13. The van der Waals surface area contributed by atoms with Crippen molar-refractivity contribution in [2.45, 2.75) is 31.8 Å². The second-order valence-electron chi connectivity index (χ2n) is 7.28. The summed E-state index contributed by atoms with van der Waals surface area (Å²) < 4.78 is 1.71. The van der Waals surface area contributed by atoms with Crippen molar-refractivity contribution in [3.63, 3.8) is 0 Å². The van der Waals surface area contributed by atoms with Crippen LogP contribution in [0, 0.1) is 0 Å². The fourth-order valence-corrected chi connectivity index (χ4v) is 3.88. The quantitative estimate of drug-likeness (QED) is 0.787. The molecule has 0 aromatic carbocycles. The lowest BCUT2D eigenvalue weighted by atomic mass is 10.0. The van der Waals surface area contributed by atoms with Crippen LogP contribution in [0.4, 0.5) is 0 Å². The number of aromatic nitrogens is 2. The van der Waals surface area contributed by atoms with E-state index >= 15 is 0 Å². The molecular weight excluding hydrogens is 320 g/mol. The van der Waals surface area contributed by atoms with Crippen molar-refractivity contribution in [2.75, 3.05) is 40.3 Å². The highest BCUT2D eigenvalue weighted by Gasteiger charge is 2.30. The molecule has 1 aromatic heterocycles. The summed E-state index contributed by atoms with van der Waals surface area (Å²) in [4.78, 5) is 30.7. The standard InChI is InChI=1S/C17H28N6O2/c1-20-7-4-12(5-8-20)21(2)11-15(24)23-9-6-14-13(10-23)16(17(18)25)19-22(14)3/h12H,4-11H2,1-3H3,(H2,18,25). The normalized spacial score (nSPS) is 19.3. The Morgan fingerprint density at radius 2 is 1.92 bits per heavy atom. The number of hydrogen-bond acceptors (Lipinski definition) is 5. The lowest BCUT2D eigenvalue weighted by Crippen LogP contribution is -2.47. The number of amides is 2. The summed E-state index contributed by atoms with van der Waals surface area (Å²) >= 11 is 0. The van der Waals surface area contributed by atoms with Gasteiger partial charge in [0.15, 0.2) is 5.69 Å². The van der Waals surface area contributed by atoms with Crippen molar-refractivity contribution < 1.29 is 9.59 Å². The number of piperidine rings is 1. The van der Waals surface area contributed by atoms with Crippen LogP contribution in [0.5, 0.6) is 0 Å². The third-order valence-electron chi connectivity index (χ3n) is 5.52. The van der Waals surface area contributed by atoms with Gasteiger partial charge < -0.3 is 15.5 Å². The van der Waals surface area contributed by atoms with E-state index in [2.05, 4.69) is 21.9 Å². The topological polar surface area (TPSA) is 87.7 Å². The minimum atomic E-state index is -0.533. The molecule has 1 fully saturated rings. The molecule has 2 aliphatic rings. The smallest absolute Gasteiger partial charge is 0.269 e. The summed E-state index contributed by atoms with van der Waals surface area (Å²) in [6.07, 6.45) is 2.90. The van der Waals surface area contributed by atoms with Crippen molar-refractivity contribution in [3.8, 4) is 0 Å². The molecular formula is C17H28N6O2. The van der Waals surface area contributed by atoms with Crippen LogP contribution in [-0.4, -0.2) is 82.6 Å². The SMILES string of the molecule is CN1CCC(N(C)CC(=O)N2CCc3c(c(C(N)=O)nn3C)C2)CC1. The van der Waals surface area contributed by atoms with E-state index in [4.69, 9.17) is 5.73 Å². The third kappa shape index (κ3) is 3.69. The van der Waals surface area contributed by atoms with E-state index in [1.807, 2.05) is 19.0 Å². The molecule has 0 atom stereocenters. The molecule has 1 aromatic rings. The predicted octanol–water partition coefficient (Wildman–Crippen LogP) is -0.570. The van der Waals surface area contributed by atoms with Gasteiger partial charge in [-0.1, -0.05) is 0 Å². The molecule has 0 bridgehead atoms. The van der Waals surface area contributed by atoms with E-state index < -0.39 is 5.91 Å². The Labute approximate surface area is 148 Å². The molecule has 2 aliphatic heterocycles. The molecule has 2 N–H and O–H groups in total. The van der Waals surface area contributed by atoms with E-state index in [-0.39, 0.29) is 5.91 Å². The summed E-state index contributed by atoms with van der Waals surface area (Å²) in [5.41, 5.74) is 7.53. The van der Waals surface area contributed by atoms with Gasteiger partial charge in [0.1, 0.15) is 0 Å². The average molecular weight is 348 g/mol. The van der Waals surface area contributed by atoms with Crippen LogP contribution in [0.3, 0.4) is 0 Å². The first-order chi connectivity index (χ1) is 11.9. The maximum Gasteiger partial charge on any atom is 0.269 e. The molecule has 1 saturated heterocycles. The van der Waals surface area contributed by atoms with E-state index in [1.165, 1.54) is 0 Å². The molecule has 0 unspecified atom stereocenters. The van der Waals surface area contributed by atoms with E-state index in [9.17, 15) is 9.59 Å².